The number of hydrogen-bond acceptors (Lipinski definition) is 5. The highest BCUT2D eigenvalue weighted by Crippen LogP contribution is 2.28. The highest BCUT2D eigenvalue weighted by molar-refractivity contribution is 6.28. The van der Waals surface area contributed by atoms with Crippen molar-refractivity contribution in [3.63, 3.8) is 0 Å². The first-order valence-electron chi connectivity index (χ1n) is 6.50. The van der Waals surface area contributed by atoms with Gasteiger partial charge in [0.15, 0.2) is 0 Å². The van der Waals surface area contributed by atoms with E-state index in [0.717, 1.165) is 0 Å². The van der Waals surface area contributed by atoms with Crippen LogP contribution >= 0.6 is 11.6 Å². The fraction of sp³-hybridized carbons (Fsp3) is 0.667. The van der Waals surface area contributed by atoms with Gasteiger partial charge in [0.1, 0.15) is 5.69 Å². The van der Waals surface area contributed by atoms with Crippen molar-refractivity contribution in [3.8, 4) is 0 Å². The van der Waals surface area contributed by atoms with Crippen LogP contribution in [0.2, 0.25) is 5.28 Å². The molecule has 0 unspecified atom stereocenters. The number of rotatable bonds is 4. The number of anilines is 1. The molecule has 1 aliphatic rings. The summed E-state index contributed by atoms with van der Waals surface area (Å²) in [5.41, 5.74) is 0.205. The van der Waals surface area contributed by atoms with Crippen molar-refractivity contribution in [1.29, 1.82) is 0 Å². The van der Waals surface area contributed by atoms with Crippen LogP contribution in [0.15, 0.2) is 0 Å². The average molecular weight is 285 g/mol. The molecule has 104 valence electrons. The number of aromatic nitrogens is 2. The van der Waals surface area contributed by atoms with Gasteiger partial charge in [-0.15, -0.1) is 0 Å². The molecular formula is C12H17ClN4O2. The molecule has 0 aliphatic heterocycles. The number of nitro groups is 1. The Kier molecular flexibility index (Phi) is 4.52. The maximum absolute atomic E-state index is 11.0. The van der Waals surface area contributed by atoms with Crippen LogP contribution in [0.5, 0.6) is 0 Å². The molecule has 1 heterocycles. The molecule has 1 aromatic heterocycles. The van der Waals surface area contributed by atoms with E-state index in [1.165, 1.54) is 32.1 Å². The van der Waals surface area contributed by atoms with E-state index in [1.54, 1.807) is 6.92 Å². The summed E-state index contributed by atoms with van der Waals surface area (Å²) in [6, 6.07) is 0. The zero-order valence-corrected chi connectivity index (χ0v) is 11.6. The van der Waals surface area contributed by atoms with Gasteiger partial charge in [-0.1, -0.05) is 19.3 Å². The average Bonchev–Trinajstić information content (AvgIpc) is 2.36. The first-order chi connectivity index (χ1) is 9.08. The quantitative estimate of drug-likeness (QED) is 0.521. The first kappa shape index (κ1) is 14.0. The monoisotopic (exact) mass is 284 g/mol. The Bertz CT molecular complexity index is 475. The van der Waals surface area contributed by atoms with E-state index >= 15 is 0 Å². The van der Waals surface area contributed by atoms with Crippen molar-refractivity contribution < 1.29 is 4.92 Å². The lowest BCUT2D eigenvalue weighted by Crippen LogP contribution is -2.18. The minimum absolute atomic E-state index is 0.0363. The van der Waals surface area contributed by atoms with Crippen molar-refractivity contribution >= 4 is 23.1 Å². The van der Waals surface area contributed by atoms with Gasteiger partial charge >= 0.3 is 5.69 Å². The second-order valence-electron chi connectivity index (χ2n) is 4.92. The van der Waals surface area contributed by atoms with Crippen LogP contribution in [0.4, 0.5) is 11.5 Å². The zero-order chi connectivity index (χ0) is 13.8. The van der Waals surface area contributed by atoms with E-state index in [0.29, 0.717) is 12.5 Å². The molecule has 1 N–H and O–H groups in total. The largest absolute Gasteiger partial charge is 0.364 e. The van der Waals surface area contributed by atoms with Gasteiger partial charge in [0, 0.05) is 6.54 Å². The highest BCUT2D eigenvalue weighted by Gasteiger charge is 2.22. The number of hydrogen-bond donors (Lipinski definition) is 1. The summed E-state index contributed by atoms with van der Waals surface area (Å²) in [4.78, 5) is 18.3. The second-order valence-corrected chi connectivity index (χ2v) is 5.26. The van der Waals surface area contributed by atoms with E-state index in [1.807, 2.05) is 0 Å². The fourth-order valence-electron chi connectivity index (χ4n) is 2.51. The Labute approximate surface area is 116 Å². The molecule has 1 aromatic rings. The summed E-state index contributed by atoms with van der Waals surface area (Å²) in [5.74, 6) is 0.787. The third kappa shape index (κ3) is 3.53. The van der Waals surface area contributed by atoms with Crippen molar-refractivity contribution in [1.82, 2.24) is 9.97 Å². The third-order valence-electron chi connectivity index (χ3n) is 3.50. The summed E-state index contributed by atoms with van der Waals surface area (Å²) in [6.07, 6.45) is 6.09. The topological polar surface area (TPSA) is 81.0 Å². The molecule has 0 radical (unpaired) electrons. The molecular weight excluding hydrogens is 268 g/mol. The zero-order valence-electron chi connectivity index (χ0n) is 10.9. The molecule has 1 fully saturated rings. The molecule has 1 saturated carbocycles. The molecule has 7 heteroatoms. The normalized spacial score (nSPS) is 16.3. The van der Waals surface area contributed by atoms with E-state index in [4.69, 9.17) is 11.6 Å². The van der Waals surface area contributed by atoms with Gasteiger partial charge in [-0.25, -0.2) is 4.98 Å². The number of halogens is 1. The number of nitrogens with zero attached hydrogens (tertiary/aromatic N) is 3. The predicted molar refractivity (Wildman–Crippen MR) is 73.5 cm³/mol. The van der Waals surface area contributed by atoms with Gasteiger partial charge in [0.2, 0.25) is 11.1 Å². The summed E-state index contributed by atoms with van der Waals surface area (Å²) < 4.78 is 0. The lowest BCUT2D eigenvalue weighted by molar-refractivity contribution is -0.385. The second kappa shape index (κ2) is 6.14. The van der Waals surface area contributed by atoms with Crippen LogP contribution in [0.25, 0.3) is 0 Å². The Morgan fingerprint density at radius 2 is 2.05 bits per heavy atom. The molecule has 0 saturated heterocycles. The minimum Gasteiger partial charge on any atom is -0.364 e. The van der Waals surface area contributed by atoms with Gasteiger partial charge in [-0.2, -0.15) is 4.98 Å². The van der Waals surface area contributed by atoms with Gasteiger partial charge < -0.3 is 5.32 Å². The lowest BCUT2D eigenvalue weighted by Gasteiger charge is -2.21. The van der Waals surface area contributed by atoms with Gasteiger partial charge in [0.05, 0.1) is 4.92 Å². The van der Waals surface area contributed by atoms with E-state index in [2.05, 4.69) is 15.3 Å². The standard InChI is InChI=1S/C12H17ClN4O2/c1-8-10(17(18)19)11(16-12(13)15-8)14-7-9-5-3-2-4-6-9/h9H,2-7H2,1H3,(H,14,15,16). The van der Waals surface area contributed by atoms with Gasteiger partial charge in [0.25, 0.3) is 0 Å². The van der Waals surface area contributed by atoms with Gasteiger partial charge in [-0.3, -0.25) is 10.1 Å². The van der Waals surface area contributed by atoms with Crippen molar-refractivity contribution in [2.75, 3.05) is 11.9 Å². The third-order valence-corrected chi connectivity index (χ3v) is 3.67. The summed E-state index contributed by atoms with van der Waals surface area (Å²) in [7, 11) is 0. The molecule has 0 spiro atoms. The van der Waals surface area contributed by atoms with Crippen molar-refractivity contribution in [3.05, 3.63) is 21.1 Å². The van der Waals surface area contributed by atoms with Gasteiger partial charge in [-0.05, 0) is 37.3 Å². The van der Waals surface area contributed by atoms with Crippen molar-refractivity contribution in [2.45, 2.75) is 39.0 Å². The summed E-state index contributed by atoms with van der Waals surface area (Å²) >= 11 is 5.76. The molecule has 6 nitrogen and oxygen atoms in total. The maximum atomic E-state index is 11.0. The molecule has 0 amide bonds. The Hall–Kier alpha value is -1.43. The smallest absolute Gasteiger partial charge is 0.332 e. The van der Waals surface area contributed by atoms with Crippen LogP contribution < -0.4 is 5.32 Å². The maximum Gasteiger partial charge on any atom is 0.332 e. The van der Waals surface area contributed by atoms with Crippen molar-refractivity contribution in [2.24, 2.45) is 5.92 Å². The Morgan fingerprint density at radius 1 is 1.37 bits per heavy atom. The first-order valence-corrected chi connectivity index (χ1v) is 6.88. The Balaban J connectivity index is 2.12. The highest BCUT2D eigenvalue weighted by atomic mass is 35.5. The van der Waals surface area contributed by atoms with E-state index < -0.39 is 4.92 Å². The van der Waals surface area contributed by atoms with Crippen LogP contribution in [-0.4, -0.2) is 21.4 Å². The predicted octanol–water partition coefficient (Wildman–Crippen LogP) is 3.34. The molecule has 0 atom stereocenters. The number of aryl methyl sites for hydroxylation is 1. The molecule has 19 heavy (non-hydrogen) atoms. The Morgan fingerprint density at radius 3 is 2.68 bits per heavy atom. The molecule has 0 bridgehead atoms. The van der Waals surface area contributed by atoms with Crippen LogP contribution in [0.3, 0.4) is 0 Å². The molecule has 0 aromatic carbocycles. The molecule has 2 rings (SSSR count). The SMILES string of the molecule is Cc1nc(Cl)nc(NCC2CCCCC2)c1[N+](=O)[O-]. The van der Waals surface area contributed by atoms with E-state index in [9.17, 15) is 10.1 Å². The summed E-state index contributed by atoms with van der Waals surface area (Å²) in [6.45, 7) is 2.27. The number of nitrogens with one attached hydrogen (secondary N) is 1. The summed E-state index contributed by atoms with van der Waals surface area (Å²) in [5, 5.41) is 14.2. The minimum atomic E-state index is -0.463. The van der Waals surface area contributed by atoms with Crippen LogP contribution in [0.1, 0.15) is 37.8 Å². The molecule has 1 aliphatic carbocycles. The fourth-order valence-corrected chi connectivity index (χ4v) is 2.72. The van der Waals surface area contributed by atoms with Crippen LogP contribution in [-0.2, 0) is 0 Å². The van der Waals surface area contributed by atoms with E-state index in [-0.39, 0.29) is 22.5 Å². The van der Waals surface area contributed by atoms with Crippen LogP contribution in [0, 0.1) is 23.0 Å². The lowest BCUT2D eigenvalue weighted by atomic mass is 9.89.